The molecule has 3 aromatic rings. The molecular weight excluding hydrogens is 395 g/mol. The van der Waals surface area contributed by atoms with Crippen LogP contribution < -0.4 is 5.44 Å². The third-order valence-electron chi connectivity index (χ3n) is 4.08. The lowest BCUT2D eigenvalue weighted by Crippen LogP contribution is -2.22. The minimum absolute atomic E-state index is 0.0380. The summed E-state index contributed by atoms with van der Waals surface area (Å²) in [4.78, 5) is 12.3. The van der Waals surface area contributed by atoms with Crippen molar-refractivity contribution < 1.29 is 23.1 Å². The molecule has 2 aromatic heterocycles. The molecule has 0 unspecified atom stereocenters. The van der Waals surface area contributed by atoms with Gasteiger partial charge in [0.05, 0.1) is 26.0 Å². The molecular formula is C19H23N4O5P. The van der Waals surface area contributed by atoms with Crippen LogP contribution in [0.3, 0.4) is 0 Å². The molecule has 0 saturated heterocycles. The van der Waals surface area contributed by atoms with Crippen LogP contribution in [0, 0.1) is 6.92 Å². The first-order valence-corrected chi connectivity index (χ1v) is 10.9. The molecule has 0 aliphatic carbocycles. The van der Waals surface area contributed by atoms with Gasteiger partial charge in [-0.1, -0.05) is 29.8 Å². The molecule has 9 nitrogen and oxygen atoms in total. The number of hydrogen-bond donors (Lipinski definition) is 0. The topological polar surface area (TPSA) is 105 Å². The molecule has 2 heterocycles. The van der Waals surface area contributed by atoms with E-state index in [-0.39, 0.29) is 36.5 Å². The maximum Gasteiger partial charge on any atom is 0.383 e. The van der Waals surface area contributed by atoms with Crippen molar-refractivity contribution in [3.05, 3.63) is 41.6 Å². The van der Waals surface area contributed by atoms with E-state index >= 15 is 0 Å². The second kappa shape index (κ2) is 8.82. The molecule has 10 heteroatoms. The summed E-state index contributed by atoms with van der Waals surface area (Å²) in [5, 5.41) is 12.6. The number of aromatic nitrogens is 4. The van der Waals surface area contributed by atoms with Gasteiger partial charge >= 0.3 is 13.6 Å². The first-order valence-electron chi connectivity index (χ1n) is 9.33. The number of ether oxygens (including phenoxy) is 1. The molecule has 29 heavy (non-hydrogen) atoms. The predicted molar refractivity (Wildman–Crippen MR) is 107 cm³/mol. The smallest absolute Gasteiger partial charge is 0.383 e. The van der Waals surface area contributed by atoms with Crippen molar-refractivity contribution in [2.75, 3.05) is 19.8 Å². The Kier molecular flexibility index (Phi) is 6.42. The van der Waals surface area contributed by atoms with Crippen LogP contribution >= 0.6 is 7.60 Å². The zero-order valence-corrected chi connectivity index (χ0v) is 17.7. The Morgan fingerprint density at radius 1 is 1.03 bits per heavy atom. The zero-order valence-electron chi connectivity index (χ0n) is 16.8. The summed E-state index contributed by atoms with van der Waals surface area (Å²) >= 11 is 0. The Morgan fingerprint density at radius 2 is 1.69 bits per heavy atom. The monoisotopic (exact) mass is 418 g/mol. The Labute approximate surface area is 168 Å². The van der Waals surface area contributed by atoms with Crippen molar-refractivity contribution in [3.63, 3.8) is 0 Å². The van der Waals surface area contributed by atoms with Crippen LogP contribution in [0.5, 0.6) is 0 Å². The fourth-order valence-electron chi connectivity index (χ4n) is 2.84. The van der Waals surface area contributed by atoms with E-state index in [1.165, 1.54) is 10.7 Å². The van der Waals surface area contributed by atoms with Crippen molar-refractivity contribution in [2.24, 2.45) is 0 Å². The molecule has 0 saturated carbocycles. The molecule has 3 rings (SSSR count). The number of esters is 1. The lowest BCUT2D eigenvalue weighted by molar-refractivity contribution is 0.0528. The summed E-state index contributed by atoms with van der Waals surface area (Å²) in [5.74, 6) is -0.558. The second-order valence-corrected chi connectivity index (χ2v) is 8.02. The molecule has 0 bridgehead atoms. The minimum Gasteiger partial charge on any atom is -0.462 e. The highest BCUT2D eigenvalue weighted by Crippen LogP contribution is 2.48. The average molecular weight is 418 g/mol. The quantitative estimate of drug-likeness (QED) is 0.406. The van der Waals surface area contributed by atoms with Crippen molar-refractivity contribution in [2.45, 2.75) is 27.7 Å². The standard InChI is InChI=1S/C19H23N4O5P/c1-5-26-19(24)15-12-20-23-16(14-10-8-13(4)9-11-14)18(22-21-17(15)23)29(25,27-6-2)28-7-3/h8-12H,5-7H2,1-4H3. The highest BCUT2D eigenvalue weighted by Gasteiger charge is 2.35. The van der Waals surface area contributed by atoms with Crippen molar-refractivity contribution in [1.29, 1.82) is 0 Å². The van der Waals surface area contributed by atoms with Crippen LogP contribution in [0.1, 0.15) is 36.7 Å². The number of nitrogens with zero attached hydrogens (tertiary/aromatic N) is 4. The summed E-state index contributed by atoms with van der Waals surface area (Å²) in [7, 11) is -3.77. The lowest BCUT2D eigenvalue weighted by atomic mass is 10.1. The summed E-state index contributed by atoms with van der Waals surface area (Å²) in [6, 6.07) is 7.52. The van der Waals surface area contributed by atoms with Gasteiger partial charge in [-0.2, -0.15) is 5.10 Å². The van der Waals surface area contributed by atoms with Gasteiger partial charge in [-0.05, 0) is 27.7 Å². The van der Waals surface area contributed by atoms with Crippen molar-refractivity contribution >= 4 is 24.6 Å². The van der Waals surface area contributed by atoms with E-state index < -0.39 is 13.6 Å². The molecule has 0 atom stereocenters. The first-order chi connectivity index (χ1) is 13.9. The Hall–Kier alpha value is -2.61. The van der Waals surface area contributed by atoms with E-state index in [9.17, 15) is 9.36 Å². The lowest BCUT2D eigenvalue weighted by Gasteiger charge is -2.19. The van der Waals surface area contributed by atoms with E-state index in [0.29, 0.717) is 11.3 Å². The molecule has 0 fully saturated rings. The van der Waals surface area contributed by atoms with Gasteiger partial charge in [-0.3, -0.25) is 4.57 Å². The number of carbonyl (C=O) groups is 1. The van der Waals surface area contributed by atoms with E-state index in [0.717, 1.165) is 5.56 Å². The Morgan fingerprint density at radius 3 is 2.28 bits per heavy atom. The third-order valence-corrected chi connectivity index (χ3v) is 6.10. The summed E-state index contributed by atoms with van der Waals surface area (Å²) < 4.78 is 30.9. The van der Waals surface area contributed by atoms with Crippen LogP contribution in [-0.2, 0) is 18.3 Å². The summed E-state index contributed by atoms with van der Waals surface area (Å²) in [6.07, 6.45) is 1.36. The largest absolute Gasteiger partial charge is 0.462 e. The Bertz CT molecular complexity index is 1050. The highest BCUT2D eigenvalue weighted by atomic mass is 31.2. The molecule has 0 aliphatic heterocycles. The van der Waals surface area contributed by atoms with E-state index in [4.69, 9.17) is 13.8 Å². The third kappa shape index (κ3) is 4.07. The van der Waals surface area contributed by atoms with Crippen LogP contribution in [0.15, 0.2) is 30.5 Å². The highest BCUT2D eigenvalue weighted by molar-refractivity contribution is 7.62. The number of aryl methyl sites for hydroxylation is 1. The van der Waals surface area contributed by atoms with Crippen LogP contribution in [0.2, 0.25) is 0 Å². The van der Waals surface area contributed by atoms with Gasteiger partial charge in [0, 0.05) is 5.56 Å². The first kappa shape index (κ1) is 21.1. The van der Waals surface area contributed by atoms with E-state index in [1.807, 2.05) is 31.2 Å². The number of hydrogen-bond acceptors (Lipinski definition) is 8. The van der Waals surface area contributed by atoms with Gasteiger partial charge < -0.3 is 13.8 Å². The fraction of sp³-hybridized carbons (Fsp3) is 0.368. The van der Waals surface area contributed by atoms with Crippen molar-refractivity contribution in [1.82, 2.24) is 19.8 Å². The fourth-order valence-corrected chi connectivity index (χ4v) is 4.47. The maximum atomic E-state index is 13.5. The summed E-state index contributed by atoms with van der Waals surface area (Å²) in [5.41, 5.74) is 2.53. The summed E-state index contributed by atoms with van der Waals surface area (Å²) in [6.45, 7) is 7.66. The molecule has 0 spiro atoms. The molecule has 0 aliphatic rings. The molecule has 0 radical (unpaired) electrons. The average Bonchev–Trinajstić information content (AvgIpc) is 3.13. The number of benzene rings is 1. The predicted octanol–water partition coefficient (Wildman–Crippen LogP) is 3.17. The molecule has 154 valence electrons. The Balaban J connectivity index is 2.31. The molecule has 0 amide bonds. The van der Waals surface area contributed by atoms with Crippen molar-refractivity contribution in [3.8, 4) is 11.3 Å². The second-order valence-electron chi connectivity index (χ2n) is 6.09. The van der Waals surface area contributed by atoms with Crippen LogP contribution in [0.25, 0.3) is 16.9 Å². The number of carbonyl (C=O) groups excluding carboxylic acids is 1. The SMILES string of the molecule is CCOC(=O)c1cnn2c(-c3ccc(C)cc3)c(P(=O)(OCC)OCC)nnc12. The van der Waals surface area contributed by atoms with E-state index in [2.05, 4.69) is 15.3 Å². The normalized spacial score (nSPS) is 11.7. The van der Waals surface area contributed by atoms with E-state index in [1.54, 1.807) is 20.8 Å². The van der Waals surface area contributed by atoms with Gasteiger partial charge in [0.1, 0.15) is 11.3 Å². The maximum absolute atomic E-state index is 13.5. The molecule has 1 aromatic carbocycles. The zero-order chi connectivity index (χ0) is 21.0. The number of fused-ring (bicyclic) bond motifs is 1. The van der Waals surface area contributed by atoms with Crippen LogP contribution in [-0.4, -0.2) is 45.6 Å². The van der Waals surface area contributed by atoms with Gasteiger partial charge in [0.2, 0.25) is 5.44 Å². The van der Waals surface area contributed by atoms with Gasteiger partial charge in [0.15, 0.2) is 5.65 Å². The van der Waals surface area contributed by atoms with Crippen LogP contribution in [0.4, 0.5) is 0 Å². The van der Waals surface area contributed by atoms with Gasteiger partial charge in [-0.15, -0.1) is 10.2 Å². The minimum atomic E-state index is -3.77. The van der Waals surface area contributed by atoms with Gasteiger partial charge in [-0.25, -0.2) is 9.31 Å². The van der Waals surface area contributed by atoms with Gasteiger partial charge in [0.25, 0.3) is 0 Å². The number of rotatable bonds is 8. The molecule has 0 N–H and O–H groups in total.